The predicted molar refractivity (Wildman–Crippen MR) is 63.7 cm³/mol. The molecule has 0 aromatic heterocycles. The maximum Gasteiger partial charge on any atom is -0.0281 e. The Balaban J connectivity index is -0.000000284. The second-order valence-corrected chi connectivity index (χ2v) is 2.74. The van der Waals surface area contributed by atoms with Crippen molar-refractivity contribution in [1.82, 2.24) is 0 Å². The first-order valence-corrected chi connectivity index (χ1v) is 4.88. The van der Waals surface area contributed by atoms with Crippen molar-refractivity contribution in [2.75, 3.05) is 0 Å². The Bertz CT molecular complexity index is 192. The third kappa shape index (κ3) is 7.77. The number of rotatable bonds is 2. The minimum atomic E-state index is 0. The predicted octanol–water partition coefficient (Wildman–Crippen LogP) is 2.32. The molecule has 2 nitrogen and oxygen atoms in total. The monoisotopic (exact) mass is 200 g/mol. The highest BCUT2D eigenvalue weighted by atomic mass is 16.0. The summed E-state index contributed by atoms with van der Waals surface area (Å²) in [6.07, 6.45) is 2.45. The van der Waals surface area contributed by atoms with Crippen LogP contribution in [0.5, 0.6) is 0 Å². The zero-order valence-electron chi connectivity index (χ0n) is 9.72. The van der Waals surface area contributed by atoms with Crippen molar-refractivity contribution in [3.8, 4) is 0 Å². The number of hydrogen-bond acceptors (Lipinski definition) is 0. The minimum absolute atomic E-state index is 0. The van der Waals surface area contributed by atoms with Gasteiger partial charge in [0, 0.05) is 0 Å². The number of aryl methyl sites for hydroxylation is 2. The van der Waals surface area contributed by atoms with E-state index in [0.29, 0.717) is 0 Å². The zero-order chi connectivity index (χ0) is 9.40. The van der Waals surface area contributed by atoms with Crippen molar-refractivity contribution in [2.45, 2.75) is 40.5 Å². The van der Waals surface area contributed by atoms with Crippen LogP contribution in [-0.2, 0) is 6.42 Å². The number of benzene rings is 1. The summed E-state index contributed by atoms with van der Waals surface area (Å²) in [6, 6.07) is 8.76. The van der Waals surface area contributed by atoms with Crippen LogP contribution < -0.4 is 0 Å². The summed E-state index contributed by atoms with van der Waals surface area (Å²) in [4.78, 5) is 0. The molecule has 4 N–H and O–H groups in total. The van der Waals surface area contributed by atoms with Gasteiger partial charge in [0.05, 0.1) is 0 Å². The van der Waals surface area contributed by atoms with Gasteiger partial charge in [0.25, 0.3) is 0 Å². The summed E-state index contributed by atoms with van der Waals surface area (Å²) in [6.45, 7) is 8.33. The Morgan fingerprint density at radius 2 is 1.36 bits per heavy atom. The van der Waals surface area contributed by atoms with E-state index in [2.05, 4.69) is 38.1 Å². The summed E-state index contributed by atoms with van der Waals surface area (Å²) in [5, 5.41) is 0. The lowest BCUT2D eigenvalue weighted by Gasteiger charge is -1.97. The molecule has 0 saturated carbocycles. The van der Waals surface area contributed by atoms with E-state index in [-0.39, 0.29) is 11.0 Å². The fourth-order valence-electron chi connectivity index (χ4n) is 1.04. The molecule has 0 aliphatic carbocycles. The summed E-state index contributed by atoms with van der Waals surface area (Å²) in [5.74, 6) is 0. The summed E-state index contributed by atoms with van der Waals surface area (Å²) >= 11 is 0. The number of hydrogen-bond donors (Lipinski definition) is 0. The fraction of sp³-hybridized carbons (Fsp3) is 0.500. The van der Waals surface area contributed by atoms with Crippen molar-refractivity contribution >= 4 is 0 Å². The van der Waals surface area contributed by atoms with Gasteiger partial charge in [-0.1, -0.05) is 57.0 Å². The molecule has 0 heterocycles. The van der Waals surface area contributed by atoms with Gasteiger partial charge >= 0.3 is 0 Å². The lowest BCUT2D eigenvalue weighted by atomic mass is 10.1. The lowest BCUT2D eigenvalue weighted by Crippen LogP contribution is -1.81. The van der Waals surface area contributed by atoms with Crippen molar-refractivity contribution < 1.29 is 11.0 Å². The Kier molecular flexibility index (Phi) is 16.3. The molecule has 0 fully saturated rings. The summed E-state index contributed by atoms with van der Waals surface area (Å²) in [5.41, 5.74) is 2.80. The van der Waals surface area contributed by atoms with Crippen LogP contribution in [0.15, 0.2) is 24.3 Å². The molecule has 0 amide bonds. The molecule has 0 atom stereocenters. The normalized spacial score (nSPS) is 7.43. The van der Waals surface area contributed by atoms with Crippen LogP contribution in [0.2, 0.25) is 0 Å². The molecule has 0 aliphatic rings. The van der Waals surface area contributed by atoms with E-state index < -0.39 is 0 Å². The van der Waals surface area contributed by atoms with Crippen LogP contribution in [0.1, 0.15) is 38.3 Å². The molecule has 0 saturated heterocycles. The van der Waals surface area contributed by atoms with Gasteiger partial charge in [0.15, 0.2) is 0 Å². The highest BCUT2D eigenvalue weighted by Gasteiger charge is 1.87. The zero-order valence-corrected chi connectivity index (χ0v) is 9.72. The maximum atomic E-state index is 2.21. The SMILES string of the molecule is CC.CCCc1ccc(C)cc1.O.O. The Hall–Kier alpha value is -0.860. The lowest BCUT2D eigenvalue weighted by molar-refractivity contribution is 0.823. The van der Waals surface area contributed by atoms with Crippen LogP contribution in [-0.4, -0.2) is 11.0 Å². The van der Waals surface area contributed by atoms with Gasteiger partial charge in [-0.25, -0.2) is 0 Å². The van der Waals surface area contributed by atoms with Gasteiger partial charge in [-0.3, -0.25) is 0 Å². The third-order valence-electron chi connectivity index (χ3n) is 1.66. The third-order valence-corrected chi connectivity index (χ3v) is 1.66. The topological polar surface area (TPSA) is 63.0 Å². The first-order chi connectivity index (χ1) is 5.83. The van der Waals surface area contributed by atoms with Crippen LogP contribution in [0.3, 0.4) is 0 Å². The van der Waals surface area contributed by atoms with Gasteiger partial charge in [-0.2, -0.15) is 0 Å². The molecule has 0 unspecified atom stereocenters. The second kappa shape index (κ2) is 12.1. The van der Waals surface area contributed by atoms with Gasteiger partial charge in [-0.15, -0.1) is 0 Å². The molecular weight excluding hydrogens is 176 g/mol. The van der Waals surface area contributed by atoms with Crippen LogP contribution in [0, 0.1) is 6.92 Å². The van der Waals surface area contributed by atoms with Crippen LogP contribution in [0.25, 0.3) is 0 Å². The standard InChI is InChI=1S/C10H14.C2H6.2H2O/c1-3-4-10-7-5-9(2)6-8-10;1-2;;/h5-8H,3-4H2,1-2H3;1-2H3;2*1H2. The Morgan fingerprint density at radius 1 is 0.929 bits per heavy atom. The van der Waals surface area contributed by atoms with E-state index >= 15 is 0 Å². The van der Waals surface area contributed by atoms with Crippen molar-refractivity contribution in [1.29, 1.82) is 0 Å². The average Bonchev–Trinajstić information content (AvgIpc) is 2.13. The molecule has 0 radical (unpaired) electrons. The fourth-order valence-corrected chi connectivity index (χ4v) is 1.04. The van der Waals surface area contributed by atoms with Crippen molar-refractivity contribution in [2.24, 2.45) is 0 Å². The minimum Gasteiger partial charge on any atom is -0.412 e. The molecule has 14 heavy (non-hydrogen) atoms. The highest BCUT2D eigenvalue weighted by molar-refractivity contribution is 5.21. The van der Waals surface area contributed by atoms with E-state index in [0.717, 1.165) is 0 Å². The van der Waals surface area contributed by atoms with Gasteiger partial charge in [-0.05, 0) is 18.9 Å². The molecular formula is C12H24O2. The molecule has 0 spiro atoms. The van der Waals surface area contributed by atoms with E-state index in [4.69, 9.17) is 0 Å². The Labute approximate surface area is 87.6 Å². The molecule has 84 valence electrons. The largest absolute Gasteiger partial charge is 0.412 e. The molecule has 1 aromatic rings. The first-order valence-electron chi connectivity index (χ1n) is 4.88. The van der Waals surface area contributed by atoms with E-state index in [1.807, 2.05) is 13.8 Å². The van der Waals surface area contributed by atoms with Crippen molar-refractivity contribution in [3.05, 3.63) is 35.4 Å². The van der Waals surface area contributed by atoms with E-state index in [1.54, 1.807) is 0 Å². The maximum absolute atomic E-state index is 2.21. The Morgan fingerprint density at radius 3 is 1.71 bits per heavy atom. The van der Waals surface area contributed by atoms with E-state index in [1.165, 1.54) is 24.0 Å². The highest BCUT2D eigenvalue weighted by Crippen LogP contribution is 2.04. The van der Waals surface area contributed by atoms with Crippen molar-refractivity contribution in [3.63, 3.8) is 0 Å². The summed E-state index contributed by atoms with van der Waals surface area (Å²) in [7, 11) is 0. The second-order valence-electron chi connectivity index (χ2n) is 2.74. The molecule has 0 bridgehead atoms. The first kappa shape index (κ1) is 18.8. The average molecular weight is 200 g/mol. The molecule has 1 aromatic carbocycles. The molecule has 2 heteroatoms. The van der Waals surface area contributed by atoms with Crippen LogP contribution >= 0.6 is 0 Å². The van der Waals surface area contributed by atoms with Gasteiger partial charge in [0.1, 0.15) is 0 Å². The van der Waals surface area contributed by atoms with Gasteiger partial charge < -0.3 is 11.0 Å². The quantitative estimate of drug-likeness (QED) is 0.703. The summed E-state index contributed by atoms with van der Waals surface area (Å²) < 4.78 is 0. The van der Waals surface area contributed by atoms with Gasteiger partial charge in [0.2, 0.25) is 0 Å². The van der Waals surface area contributed by atoms with Crippen LogP contribution in [0.4, 0.5) is 0 Å². The smallest absolute Gasteiger partial charge is 0.0281 e. The molecule has 0 aliphatic heterocycles. The molecule has 1 rings (SSSR count). The van der Waals surface area contributed by atoms with E-state index in [9.17, 15) is 0 Å².